The fourth-order valence-corrected chi connectivity index (χ4v) is 2.54. The molecule has 1 N–H and O–H groups in total. The minimum atomic E-state index is 0.0835. The normalized spacial score (nSPS) is 18.5. The molecule has 1 saturated heterocycles. The quantitative estimate of drug-likeness (QED) is 0.872. The molecule has 1 fully saturated rings. The first kappa shape index (κ1) is 12.9. The highest BCUT2D eigenvalue weighted by Crippen LogP contribution is 2.29. The largest absolute Gasteiger partial charge is 0.372 e. The molecular formula is C14H21N3O. The minimum Gasteiger partial charge on any atom is -0.372 e. The fourth-order valence-electron chi connectivity index (χ4n) is 2.54. The summed E-state index contributed by atoms with van der Waals surface area (Å²) in [6, 6.07) is 3.64. The minimum absolute atomic E-state index is 0.0835. The van der Waals surface area contributed by atoms with E-state index < -0.39 is 0 Å². The van der Waals surface area contributed by atoms with Crippen LogP contribution in [0.4, 0.5) is 5.82 Å². The Morgan fingerprint density at radius 1 is 1.50 bits per heavy atom. The number of nitrogens with one attached hydrogen (secondary N) is 1. The van der Waals surface area contributed by atoms with Crippen molar-refractivity contribution in [2.24, 2.45) is 5.41 Å². The van der Waals surface area contributed by atoms with Gasteiger partial charge in [0, 0.05) is 26.3 Å². The van der Waals surface area contributed by atoms with E-state index in [1.54, 1.807) is 13.2 Å². The lowest BCUT2D eigenvalue weighted by Crippen LogP contribution is -2.43. The first-order chi connectivity index (χ1) is 8.53. The van der Waals surface area contributed by atoms with Crippen LogP contribution in [-0.4, -0.2) is 35.9 Å². The van der Waals surface area contributed by atoms with Gasteiger partial charge in [-0.05, 0) is 30.4 Å². The van der Waals surface area contributed by atoms with E-state index in [0.29, 0.717) is 11.4 Å². The second kappa shape index (κ2) is 4.96. The van der Waals surface area contributed by atoms with Gasteiger partial charge in [0.2, 0.25) is 0 Å². The van der Waals surface area contributed by atoms with Crippen molar-refractivity contribution in [1.29, 1.82) is 0 Å². The topological polar surface area (TPSA) is 45.2 Å². The van der Waals surface area contributed by atoms with Crippen LogP contribution in [0.2, 0.25) is 0 Å². The molecule has 18 heavy (non-hydrogen) atoms. The van der Waals surface area contributed by atoms with Gasteiger partial charge in [0.25, 0.3) is 5.91 Å². The highest BCUT2D eigenvalue weighted by atomic mass is 16.2. The second-order valence-electron chi connectivity index (χ2n) is 5.64. The van der Waals surface area contributed by atoms with Crippen molar-refractivity contribution < 1.29 is 4.79 Å². The monoisotopic (exact) mass is 247 g/mol. The molecule has 0 atom stereocenters. The van der Waals surface area contributed by atoms with Gasteiger partial charge in [-0.15, -0.1) is 0 Å². The third-order valence-corrected chi connectivity index (χ3v) is 3.46. The van der Waals surface area contributed by atoms with Crippen molar-refractivity contribution in [1.82, 2.24) is 9.88 Å². The average molecular weight is 247 g/mol. The molecule has 1 aromatic heterocycles. The summed E-state index contributed by atoms with van der Waals surface area (Å²) in [5, 5.41) is 2.98. The number of hydrogen-bond donors (Lipinski definition) is 1. The molecule has 2 heterocycles. The first-order valence-electron chi connectivity index (χ1n) is 6.45. The predicted octanol–water partition coefficient (Wildman–Crippen LogP) is 2.39. The van der Waals surface area contributed by atoms with Crippen LogP contribution >= 0.6 is 0 Å². The molecule has 1 amide bonds. The highest BCUT2D eigenvalue weighted by Gasteiger charge is 2.30. The number of piperidine rings is 1. The van der Waals surface area contributed by atoms with Gasteiger partial charge in [-0.25, -0.2) is 4.98 Å². The van der Waals surface area contributed by atoms with Crippen molar-refractivity contribution in [2.45, 2.75) is 26.7 Å². The summed E-state index contributed by atoms with van der Waals surface area (Å²) < 4.78 is 0. The fraction of sp³-hybridized carbons (Fsp3) is 0.571. The van der Waals surface area contributed by atoms with Crippen LogP contribution in [0, 0.1) is 5.41 Å². The van der Waals surface area contributed by atoms with Crippen molar-refractivity contribution in [3.05, 3.63) is 23.9 Å². The number of carbonyl (C=O) groups excluding carboxylic acids is 1. The van der Waals surface area contributed by atoms with E-state index in [4.69, 9.17) is 0 Å². The van der Waals surface area contributed by atoms with E-state index in [1.165, 1.54) is 6.42 Å². The Labute approximate surface area is 108 Å². The number of nitrogens with zero attached hydrogens (tertiary/aromatic N) is 2. The third kappa shape index (κ3) is 2.63. The molecule has 1 aliphatic rings. The number of anilines is 1. The summed E-state index contributed by atoms with van der Waals surface area (Å²) >= 11 is 0. The molecule has 0 aliphatic carbocycles. The molecule has 0 unspecified atom stereocenters. The van der Waals surface area contributed by atoms with Gasteiger partial charge in [0.15, 0.2) is 0 Å². The molecule has 2 rings (SSSR count). The molecule has 0 saturated carbocycles. The van der Waals surface area contributed by atoms with E-state index in [1.807, 2.05) is 17.0 Å². The van der Waals surface area contributed by atoms with Gasteiger partial charge in [0.1, 0.15) is 5.82 Å². The number of carbonyl (C=O) groups is 1. The summed E-state index contributed by atoms with van der Waals surface area (Å²) in [7, 11) is 1.79. The second-order valence-corrected chi connectivity index (χ2v) is 5.64. The zero-order valence-corrected chi connectivity index (χ0v) is 11.4. The van der Waals surface area contributed by atoms with Gasteiger partial charge in [-0.2, -0.15) is 0 Å². The molecule has 1 aliphatic heterocycles. The van der Waals surface area contributed by atoms with E-state index >= 15 is 0 Å². The van der Waals surface area contributed by atoms with Crippen LogP contribution in [0.1, 0.15) is 37.0 Å². The van der Waals surface area contributed by atoms with Crippen molar-refractivity contribution in [3.8, 4) is 0 Å². The molecule has 0 spiro atoms. The number of amides is 1. The van der Waals surface area contributed by atoms with E-state index in [9.17, 15) is 4.79 Å². The molecule has 4 heteroatoms. The van der Waals surface area contributed by atoms with Crippen LogP contribution in [0.15, 0.2) is 18.3 Å². The molecule has 98 valence electrons. The first-order valence-corrected chi connectivity index (χ1v) is 6.45. The summed E-state index contributed by atoms with van der Waals surface area (Å²) in [6.45, 7) is 6.10. The zero-order chi connectivity index (χ0) is 13.2. The molecule has 4 nitrogen and oxygen atoms in total. The lowest BCUT2D eigenvalue weighted by atomic mass is 9.84. The molecule has 0 radical (unpaired) electrons. The Balaban J connectivity index is 2.20. The third-order valence-electron chi connectivity index (χ3n) is 3.46. The Bertz CT molecular complexity index is 442. The summed E-state index contributed by atoms with van der Waals surface area (Å²) in [5.74, 6) is 0.742. The van der Waals surface area contributed by atoms with Gasteiger partial charge in [-0.1, -0.05) is 13.8 Å². The SMILES string of the molecule is CNc1ncccc1C(=O)N1CCCC(C)(C)C1. The Hall–Kier alpha value is -1.58. The predicted molar refractivity (Wildman–Crippen MR) is 72.7 cm³/mol. The zero-order valence-electron chi connectivity index (χ0n) is 11.4. The molecule has 0 aromatic carbocycles. The Morgan fingerprint density at radius 2 is 2.28 bits per heavy atom. The van der Waals surface area contributed by atoms with Crippen molar-refractivity contribution in [3.63, 3.8) is 0 Å². The van der Waals surface area contributed by atoms with E-state index in [0.717, 1.165) is 19.5 Å². The lowest BCUT2D eigenvalue weighted by Gasteiger charge is -2.38. The van der Waals surface area contributed by atoms with Gasteiger partial charge in [0.05, 0.1) is 5.56 Å². The molecular weight excluding hydrogens is 226 g/mol. The van der Waals surface area contributed by atoms with Crippen LogP contribution in [0.5, 0.6) is 0 Å². The Morgan fingerprint density at radius 3 is 2.94 bits per heavy atom. The summed E-state index contributed by atoms with van der Waals surface area (Å²) in [4.78, 5) is 18.6. The van der Waals surface area contributed by atoms with Crippen LogP contribution in [-0.2, 0) is 0 Å². The Kier molecular flexibility index (Phi) is 3.55. The van der Waals surface area contributed by atoms with Crippen molar-refractivity contribution in [2.75, 3.05) is 25.5 Å². The average Bonchev–Trinajstić information content (AvgIpc) is 2.36. The van der Waals surface area contributed by atoms with Crippen LogP contribution in [0.3, 0.4) is 0 Å². The maximum Gasteiger partial charge on any atom is 0.257 e. The standard InChI is InChI=1S/C14H21N3O/c1-14(2)7-5-9-17(10-14)13(18)11-6-4-8-16-12(11)15-3/h4,6,8H,5,7,9-10H2,1-3H3,(H,15,16). The van der Waals surface area contributed by atoms with Crippen LogP contribution < -0.4 is 5.32 Å². The van der Waals surface area contributed by atoms with E-state index in [-0.39, 0.29) is 11.3 Å². The number of rotatable bonds is 2. The van der Waals surface area contributed by atoms with Crippen LogP contribution in [0.25, 0.3) is 0 Å². The summed E-state index contributed by atoms with van der Waals surface area (Å²) in [6.07, 6.45) is 3.96. The number of likely N-dealkylation sites (tertiary alicyclic amines) is 1. The van der Waals surface area contributed by atoms with Crippen molar-refractivity contribution >= 4 is 11.7 Å². The lowest BCUT2D eigenvalue weighted by molar-refractivity contribution is 0.0584. The van der Waals surface area contributed by atoms with Gasteiger partial charge < -0.3 is 10.2 Å². The number of hydrogen-bond acceptors (Lipinski definition) is 3. The van der Waals surface area contributed by atoms with Gasteiger partial charge >= 0.3 is 0 Å². The molecule has 1 aromatic rings. The number of aromatic nitrogens is 1. The van der Waals surface area contributed by atoms with E-state index in [2.05, 4.69) is 24.1 Å². The summed E-state index contributed by atoms with van der Waals surface area (Å²) in [5.41, 5.74) is 0.883. The van der Waals surface area contributed by atoms with Gasteiger partial charge in [-0.3, -0.25) is 4.79 Å². The maximum absolute atomic E-state index is 12.5. The smallest absolute Gasteiger partial charge is 0.257 e. The maximum atomic E-state index is 12.5. The number of pyridine rings is 1. The molecule has 0 bridgehead atoms. The highest BCUT2D eigenvalue weighted by molar-refractivity contribution is 5.98.